The van der Waals surface area contributed by atoms with Crippen LogP contribution in [0.1, 0.15) is 18.5 Å². The van der Waals surface area contributed by atoms with Crippen molar-refractivity contribution < 1.29 is 18.9 Å². The molecular formula is C14H23NO4. The Labute approximate surface area is 114 Å². The average molecular weight is 269 g/mol. The summed E-state index contributed by atoms with van der Waals surface area (Å²) in [6, 6.07) is 5.43. The van der Waals surface area contributed by atoms with Crippen LogP contribution in [-0.4, -0.2) is 40.6 Å². The van der Waals surface area contributed by atoms with E-state index in [4.69, 9.17) is 24.7 Å². The standard InChI is InChI=1S/C14H23NO4/c1-4-18-7-8-19-10-12(15)11-5-6-13(16-2)14(9-11)17-3/h5-6,9,12H,4,7-8,10,15H2,1-3H3. The van der Waals surface area contributed by atoms with Gasteiger partial charge >= 0.3 is 0 Å². The van der Waals surface area contributed by atoms with E-state index in [-0.39, 0.29) is 6.04 Å². The largest absolute Gasteiger partial charge is 0.493 e. The summed E-state index contributed by atoms with van der Waals surface area (Å²) in [5, 5.41) is 0. The Bertz CT molecular complexity index is 370. The van der Waals surface area contributed by atoms with Crippen LogP contribution in [0.15, 0.2) is 18.2 Å². The van der Waals surface area contributed by atoms with Gasteiger partial charge in [-0.05, 0) is 24.6 Å². The highest BCUT2D eigenvalue weighted by Gasteiger charge is 2.10. The van der Waals surface area contributed by atoms with E-state index < -0.39 is 0 Å². The molecule has 5 nitrogen and oxygen atoms in total. The SMILES string of the molecule is CCOCCOCC(N)c1ccc(OC)c(OC)c1. The van der Waals surface area contributed by atoms with Crippen molar-refractivity contribution in [1.82, 2.24) is 0 Å². The van der Waals surface area contributed by atoms with E-state index in [0.29, 0.717) is 37.9 Å². The predicted octanol–water partition coefficient (Wildman–Crippen LogP) is 1.76. The van der Waals surface area contributed by atoms with E-state index >= 15 is 0 Å². The summed E-state index contributed by atoms with van der Waals surface area (Å²) in [5.74, 6) is 1.36. The highest BCUT2D eigenvalue weighted by Crippen LogP contribution is 2.29. The maximum atomic E-state index is 6.06. The highest BCUT2D eigenvalue weighted by molar-refractivity contribution is 5.43. The Morgan fingerprint density at radius 1 is 1.05 bits per heavy atom. The third kappa shape index (κ3) is 5.06. The first kappa shape index (κ1) is 15.8. The summed E-state index contributed by atoms with van der Waals surface area (Å²) in [4.78, 5) is 0. The molecule has 0 saturated heterocycles. The second-order valence-electron chi connectivity index (χ2n) is 3.99. The van der Waals surface area contributed by atoms with Crippen LogP contribution >= 0.6 is 0 Å². The predicted molar refractivity (Wildman–Crippen MR) is 73.8 cm³/mol. The summed E-state index contributed by atoms with van der Waals surface area (Å²) in [5.41, 5.74) is 7.02. The van der Waals surface area contributed by atoms with E-state index in [9.17, 15) is 0 Å². The van der Waals surface area contributed by atoms with Gasteiger partial charge < -0.3 is 24.7 Å². The van der Waals surface area contributed by atoms with Crippen molar-refractivity contribution >= 4 is 0 Å². The molecule has 1 aromatic rings. The topological polar surface area (TPSA) is 62.9 Å². The zero-order valence-corrected chi connectivity index (χ0v) is 11.8. The fourth-order valence-electron chi connectivity index (χ4n) is 1.65. The van der Waals surface area contributed by atoms with Crippen molar-refractivity contribution in [3.05, 3.63) is 23.8 Å². The molecule has 0 aliphatic rings. The monoisotopic (exact) mass is 269 g/mol. The second kappa shape index (κ2) is 8.74. The van der Waals surface area contributed by atoms with Crippen LogP contribution in [0.3, 0.4) is 0 Å². The van der Waals surface area contributed by atoms with Crippen LogP contribution in [-0.2, 0) is 9.47 Å². The molecule has 0 heterocycles. The lowest BCUT2D eigenvalue weighted by molar-refractivity contribution is 0.0472. The molecule has 0 radical (unpaired) electrons. The molecule has 1 atom stereocenters. The van der Waals surface area contributed by atoms with Gasteiger partial charge in [-0.2, -0.15) is 0 Å². The van der Waals surface area contributed by atoms with Gasteiger partial charge in [-0.1, -0.05) is 6.07 Å². The molecule has 0 aliphatic carbocycles. The first-order chi connectivity index (χ1) is 9.22. The minimum absolute atomic E-state index is 0.193. The van der Waals surface area contributed by atoms with E-state index in [1.54, 1.807) is 14.2 Å². The van der Waals surface area contributed by atoms with Gasteiger partial charge in [0.2, 0.25) is 0 Å². The molecule has 1 aromatic carbocycles. The smallest absolute Gasteiger partial charge is 0.161 e. The normalized spacial score (nSPS) is 12.2. The molecule has 1 rings (SSSR count). The molecule has 1 unspecified atom stereocenters. The molecule has 0 fully saturated rings. The lowest BCUT2D eigenvalue weighted by Gasteiger charge is -2.15. The maximum absolute atomic E-state index is 6.06. The molecule has 0 aromatic heterocycles. The van der Waals surface area contributed by atoms with Gasteiger partial charge in [0.15, 0.2) is 11.5 Å². The minimum Gasteiger partial charge on any atom is -0.493 e. The second-order valence-corrected chi connectivity index (χ2v) is 3.99. The number of ether oxygens (including phenoxy) is 4. The van der Waals surface area contributed by atoms with E-state index in [1.807, 2.05) is 25.1 Å². The summed E-state index contributed by atoms with van der Waals surface area (Å²) >= 11 is 0. The van der Waals surface area contributed by atoms with Crippen LogP contribution in [0.25, 0.3) is 0 Å². The van der Waals surface area contributed by atoms with Crippen molar-refractivity contribution in [2.24, 2.45) is 5.73 Å². The van der Waals surface area contributed by atoms with Gasteiger partial charge in [0.1, 0.15) is 0 Å². The lowest BCUT2D eigenvalue weighted by atomic mass is 10.1. The summed E-state index contributed by atoms with van der Waals surface area (Å²) < 4.78 is 21.1. The molecular weight excluding hydrogens is 246 g/mol. The van der Waals surface area contributed by atoms with Gasteiger partial charge in [0.25, 0.3) is 0 Å². The Morgan fingerprint density at radius 3 is 2.37 bits per heavy atom. The molecule has 0 spiro atoms. The van der Waals surface area contributed by atoms with Gasteiger partial charge in [0.05, 0.1) is 40.1 Å². The van der Waals surface area contributed by atoms with Crippen LogP contribution in [0.4, 0.5) is 0 Å². The lowest BCUT2D eigenvalue weighted by Crippen LogP contribution is -2.18. The Balaban J connectivity index is 2.49. The van der Waals surface area contributed by atoms with Crippen LogP contribution in [0.2, 0.25) is 0 Å². The summed E-state index contributed by atoms with van der Waals surface area (Å²) in [6.07, 6.45) is 0. The van der Waals surface area contributed by atoms with Crippen molar-refractivity contribution in [2.75, 3.05) is 40.6 Å². The number of hydrogen-bond donors (Lipinski definition) is 1. The van der Waals surface area contributed by atoms with Crippen LogP contribution < -0.4 is 15.2 Å². The number of benzene rings is 1. The van der Waals surface area contributed by atoms with E-state index in [2.05, 4.69) is 0 Å². The molecule has 0 amide bonds. The Morgan fingerprint density at radius 2 is 1.74 bits per heavy atom. The van der Waals surface area contributed by atoms with Crippen molar-refractivity contribution in [3.8, 4) is 11.5 Å². The van der Waals surface area contributed by atoms with E-state index in [0.717, 1.165) is 5.56 Å². The molecule has 0 saturated carbocycles. The number of nitrogens with two attached hydrogens (primary N) is 1. The molecule has 0 bridgehead atoms. The van der Waals surface area contributed by atoms with Crippen LogP contribution in [0.5, 0.6) is 11.5 Å². The Hall–Kier alpha value is -1.30. The summed E-state index contributed by atoms with van der Waals surface area (Å²) in [6.45, 7) is 4.24. The average Bonchev–Trinajstić information content (AvgIpc) is 2.46. The van der Waals surface area contributed by atoms with Gasteiger partial charge in [-0.3, -0.25) is 0 Å². The van der Waals surface area contributed by atoms with Gasteiger partial charge in [-0.25, -0.2) is 0 Å². The van der Waals surface area contributed by atoms with Crippen LogP contribution in [0, 0.1) is 0 Å². The fraction of sp³-hybridized carbons (Fsp3) is 0.571. The molecule has 0 aliphatic heterocycles. The van der Waals surface area contributed by atoms with Crippen molar-refractivity contribution in [2.45, 2.75) is 13.0 Å². The molecule has 19 heavy (non-hydrogen) atoms. The zero-order chi connectivity index (χ0) is 14.1. The first-order valence-corrected chi connectivity index (χ1v) is 6.35. The van der Waals surface area contributed by atoms with Crippen molar-refractivity contribution in [1.29, 1.82) is 0 Å². The highest BCUT2D eigenvalue weighted by atomic mass is 16.5. The minimum atomic E-state index is -0.193. The maximum Gasteiger partial charge on any atom is 0.161 e. The third-order valence-electron chi connectivity index (χ3n) is 2.71. The van der Waals surface area contributed by atoms with E-state index in [1.165, 1.54) is 0 Å². The number of rotatable bonds is 9. The number of methoxy groups -OCH3 is 2. The fourth-order valence-corrected chi connectivity index (χ4v) is 1.65. The Kier molecular flexibility index (Phi) is 7.25. The van der Waals surface area contributed by atoms with Gasteiger partial charge in [0, 0.05) is 6.61 Å². The summed E-state index contributed by atoms with van der Waals surface area (Å²) in [7, 11) is 3.21. The molecule has 5 heteroatoms. The van der Waals surface area contributed by atoms with Crippen molar-refractivity contribution in [3.63, 3.8) is 0 Å². The quantitative estimate of drug-likeness (QED) is 0.692. The molecule has 2 N–H and O–H groups in total. The number of hydrogen-bond acceptors (Lipinski definition) is 5. The third-order valence-corrected chi connectivity index (χ3v) is 2.71. The van der Waals surface area contributed by atoms with Gasteiger partial charge in [-0.15, -0.1) is 0 Å². The zero-order valence-electron chi connectivity index (χ0n) is 11.8. The molecule has 108 valence electrons. The first-order valence-electron chi connectivity index (χ1n) is 6.35.